The van der Waals surface area contributed by atoms with E-state index in [-0.39, 0.29) is 0 Å². The maximum absolute atomic E-state index is 2.82. The van der Waals surface area contributed by atoms with Gasteiger partial charge in [-0.1, -0.05) is 55.5 Å². The van der Waals surface area contributed by atoms with Crippen molar-refractivity contribution in [2.45, 2.75) is 63.8 Å². The molecule has 2 fully saturated rings. The Morgan fingerprint density at radius 3 is 2.26 bits per heavy atom. The Kier molecular flexibility index (Phi) is 3.93. The highest BCUT2D eigenvalue weighted by molar-refractivity contribution is 5.30. The average molecular weight is 257 g/mol. The summed E-state index contributed by atoms with van der Waals surface area (Å²) in [4.78, 5) is 2.82. The molecule has 0 aromatic heterocycles. The Labute approximate surface area is 118 Å². The van der Waals surface area contributed by atoms with E-state index >= 15 is 0 Å². The third kappa shape index (κ3) is 2.58. The quantitative estimate of drug-likeness (QED) is 0.746. The molecule has 1 heteroatoms. The minimum Gasteiger partial charge on any atom is -0.294 e. The summed E-state index contributed by atoms with van der Waals surface area (Å²) in [5, 5.41) is 0. The lowest BCUT2D eigenvalue weighted by Crippen LogP contribution is -2.49. The summed E-state index contributed by atoms with van der Waals surface area (Å²) >= 11 is 0. The number of hydrogen-bond donors (Lipinski definition) is 0. The van der Waals surface area contributed by atoms with Gasteiger partial charge in [0, 0.05) is 5.54 Å². The van der Waals surface area contributed by atoms with E-state index in [9.17, 15) is 0 Å². The maximum atomic E-state index is 2.82. The van der Waals surface area contributed by atoms with Crippen LogP contribution in [0, 0.1) is 6.92 Å². The predicted molar refractivity (Wildman–Crippen MR) is 81.4 cm³/mol. The number of rotatable bonds is 2. The lowest BCUT2D eigenvalue weighted by molar-refractivity contribution is 0.0303. The largest absolute Gasteiger partial charge is 0.294 e. The van der Waals surface area contributed by atoms with Crippen LogP contribution in [0.15, 0.2) is 24.3 Å². The summed E-state index contributed by atoms with van der Waals surface area (Å²) in [6, 6.07) is 9.31. The van der Waals surface area contributed by atoms with E-state index in [0.717, 1.165) is 0 Å². The van der Waals surface area contributed by atoms with Crippen molar-refractivity contribution in [3.8, 4) is 0 Å². The van der Waals surface area contributed by atoms with Gasteiger partial charge in [-0.25, -0.2) is 0 Å². The molecule has 3 rings (SSSR count). The van der Waals surface area contributed by atoms with Crippen molar-refractivity contribution in [1.29, 1.82) is 0 Å². The Morgan fingerprint density at radius 1 is 0.895 bits per heavy atom. The highest BCUT2D eigenvalue weighted by Gasteiger charge is 2.39. The average Bonchev–Trinajstić information content (AvgIpc) is 2.49. The molecule has 19 heavy (non-hydrogen) atoms. The van der Waals surface area contributed by atoms with Crippen LogP contribution in [0.3, 0.4) is 0 Å². The summed E-state index contributed by atoms with van der Waals surface area (Å²) in [5.41, 5.74) is 3.37. The molecule has 1 saturated heterocycles. The zero-order chi connectivity index (χ0) is 13.1. The van der Waals surface area contributed by atoms with E-state index < -0.39 is 0 Å². The first-order valence-corrected chi connectivity index (χ1v) is 8.13. The maximum Gasteiger partial charge on any atom is 0.0460 e. The summed E-state index contributed by atoms with van der Waals surface area (Å²) in [5.74, 6) is 0. The summed E-state index contributed by atoms with van der Waals surface area (Å²) in [7, 11) is 0. The fourth-order valence-corrected chi connectivity index (χ4v) is 4.18. The van der Waals surface area contributed by atoms with Gasteiger partial charge in [-0.05, 0) is 51.3 Å². The van der Waals surface area contributed by atoms with Crippen LogP contribution >= 0.6 is 0 Å². The molecule has 0 spiro atoms. The zero-order valence-corrected chi connectivity index (χ0v) is 12.3. The molecule has 2 aliphatic rings. The molecule has 0 amide bonds. The number of piperidine rings is 1. The van der Waals surface area contributed by atoms with Crippen molar-refractivity contribution in [1.82, 2.24) is 4.90 Å². The van der Waals surface area contributed by atoms with Crippen LogP contribution in [-0.2, 0) is 5.54 Å². The molecular formula is C18H27N. The SMILES string of the molecule is Cc1cccc(C2(N3CCCCC3)CCCCC2)c1. The molecule has 1 heterocycles. The molecule has 0 atom stereocenters. The lowest BCUT2D eigenvalue weighted by Gasteiger charge is -2.49. The van der Waals surface area contributed by atoms with Crippen LogP contribution < -0.4 is 0 Å². The van der Waals surface area contributed by atoms with Gasteiger partial charge in [-0.3, -0.25) is 4.90 Å². The fourth-order valence-electron chi connectivity index (χ4n) is 4.18. The van der Waals surface area contributed by atoms with Gasteiger partial charge in [-0.15, -0.1) is 0 Å². The van der Waals surface area contributed by atoms with E-state index in [1.165, 1.54) is 70.0 Å². The Hall–Kier alpha value is -0.820. The van der Waals surface area contributed by atoms with Crippen LogP contribution in [0.5, 0.6) is 0 Å². The minimum atomic E-state index is 0.366. The topological polar surface area (TPSA) is 3.24 Å². The van der Waals surface area contributed by atoms with Crippen molar-refractivity contribution < 1.29 is 0 Å². The molecule has 1 aromatic carbocycles. The van der Waals surface area contributed by atoms with Crippen molar-refractivity contribution in [3.63, 3.8) is 0 Å². The molecule has 1 aromatic rings. The number of nitrogens with zero attached hydrogens (tertiary/aromatic N) is 1. The first kappa shape index (κ1) is 13.2. The Bertz CT molecular complexity index is 411. The van der Waals surface area contributed by atoms with Crippen molar-refractivity contribution in [3.05, 3.63) is 35.4 Å². The third-order valence-corrected chi connectivity index (χ3v) is 5.20. The second-order valence-electron chi connectivity index (χ2n) is 6.51. The Morgan fingerprint density at radius 2 is 1.58 bits per heavy atom. The normalized spacial score (nSPS) is 24.3. The Balaban J connectivity index is 1.95. The molecule has 0 radical (unpaired) electrons. The van der Waals surface area contributed by atoms with Gasteiger partial charge in [0.25, 0.3) is 0 Å². The fraction of sp³-hybridized carbons (Fsp3) is 0.667. The molecule has 1 nitrogen and oxygen atoms in total. The first-order valence-electron chi connectivity index (χ1n) is 8.13. The highest BCUT2D eigenvalue weighted by Crippen LogP contribution is 2.43. The number of benzene rings is 1. The molecule has 0 N–H and O–H groups in total. The van der Waals surface area contributed by atoms with E-state index in [1.54, 1.807) is 5.56 Å². The standard InChI is InChI=1S/C18H27N/c1-16-9-8-10-17(15-16)18(11-4-2-5-12-18)19-13-6-3-7-14-19/h8-10,15H,2-7,11-14H2,1H3. The molecule has 1 aliphatic carbocycles. The van der Waals surface area contributed by atoms with E-state index in [4.69, 9.17) is 0 Å². The molecule has 1 aliphatic heterocycles. The predicted octanol–water partition coefficient (Wildman–Crippen LogP) is 4.64. The zero-order valence-electron chi connectivity index (χ0n) is 12.3. The van der Waals surface area contributed by atoms with Crippen LogP contribution in [0.1, 0.15) is 62.5 Å². The first-order chi connectivity index (χ1) is 9.31. The van der Waals surface area contributed by atoms with Crippen molar-refractivity contribution >= 4 is 0 Å². The van der Waals surface area contributed by atoms with Crippen LogP contribution in [0.2, 0.25) is 0 Å². The van der Waals surface area contributed by atoms with Gasteiger partial charge >= 0.3 is 0 Å². The van der Waals surface area contributed by atoms with Gasteiger partial charge in [0.1, 0.15) is 0 Å². The van der Waals surface area contributed by atoms with Crippen molar-refractivity contribution in [2.24, 2.45) is 0 Å². The second kappa shape index (κ2) is 5.66. The monoisotopic (exact) mass is 257 g/mol. The highest BCUT2D eigenvalue weighted by atomic mass is 15.2. The van der Waals surface area contributed by atoms with Gasteiger partial charge < -0.3 is 0 Å². The molecule has 0 unspecified atom stereocenters. The van der Waals surface area contributed by atoms with E-state index in [2.05, 4.69) is 36.1 Å². The number of aryl methyl sites for hydroxylation is 1. The minimum absolute atomic E-state index is 0.366. The lowest BCUT2D eigenvalue weighted by atomic mass is 9.74. The third-order valence-electron chi connectivity index (χ3n) is 5.20. The number of hydrogen-bond acceptors (Lipinski definition) is 1. The van der Waals surface area contributed by atoms with Gasteiger partial charge in [0.2, 0.25) is 0 Å². The van der Waals surface area contributed by atoms with Crippen molar-refractivity contribution in [2.75, 3.05) is 13.1 Å². The summed E-state index contributed by atoms with van der Waals surface area (Å²) in [6.45, 7) is 4.86. The van der Waals surface area contributed by atoms with Gasteiger partial charge in [-0.2, -0.15) is 0 Å². The number of likely N-dealkylation sites (tertiary alicyclic amines) is 1. The summed E-state index contributed by atoms with van der Waals surface area (Å²) < 4.78 is 0. The smallest absolute Gasteiger partial charge is 0.0460 e. The van der Waals surface area contributed by atoms with Gasteiger partial charge in [0.15, 0.2) is 0 Å². The summed E-state index contributed by atoms with van der Waals surface area (Å²) in [6.07, 6.45) is 11.2. The molecular weight excluding hydrogens is 230 g/mol. The van der Waals surface area contributed by atoms with E-state index in [1.807, 2.05) is 0 Å². The molecule has 1 saturated carbocycles. The van der Waals surface area contributed by atoms with Gasteiger partial charge in [0.05, 0.1) is 0 Å². The van der Waals surface area contributed by atoms with Crippen LogP contribution in [0.4, 0.5) is 0 Å². The molecule has 104 valence electrons. The second-order valence-corrected chi connectivity index (χ2v) is 6.51. The molecule has 0 bridgehead atoms. The van der Waals surface area contributed by atoms with Crippen LogP contribution in [0.25, 0.3) is 0 Å². The van der Waals surface area contributed by atoms with E-state index in [0.29, 0.717) is 5.54 Å². The van der Waals surface area contributed by atoms with Crippen LogP contribution in [-0.4, -0.2) is 18.0 Å².